The average Bonchev–Trinajstić information content (AvgIpc) is 3.35. The fourth-order valence-electron chi connectivity index (χ4n) is 3.16. The molecule has 3 aromatic carbocycles. The largest absolute Gasteiger partial charge is 0.325 e. The lowest BCUT2D eigenvalue weighted by Crippen LogP contribution is -2.45. The van der Waals surface area contributed by atoms with Gasteiger partial charge in [0, 0.05) is 5.69 Å². The Labute approximate surface area is 189 Å². The molecule has 0 radical (unpaired) electrons. The molecule has 2 N–H and O–H groups in total. The first-order chi connectivity index (χ1) is 15.9. The molecule has 0 aliphatic carbocycles. The summed E-state index contributed by atoms with van der Waals surface area (Å²) in [6.45, 7) is 0. The summed E-state index contributed by atoms with van der Waals surface area (Å²) in [5, 5.41) is 13.6. The fourth-order valence-corrected chi connectivity index (χ4v) is 4.43. The maximum Gasteiger partial charge on any atom is 0.244 e. The van der Waals surface area contributed by atoms with Gasteiger partial charge in [-0.25, -0.2) is 17.5 Å². The third-order valence-corrected chi connectivity index (χ3v) is 6.28. The lowest BCUT2D eigenvalue weighted by molar-refractivity contribution is -0.117. The van der Waals surface area contributed by atoms with Crippen molar-refractivity contribution in [1.82, 2.24) is 24.9 Å². The highest BCUT2D eigenvalue weighted by atomic mass is 32.2. The van der Waals surface area contributed by atoms with Crippen LogP contribution in [-0.4, -0.2) is 40.6 Å². The third-order valence-electron chi connectivity index (χ3n) is 4.77. The van der Waals surface area contributed by atoms with E-state index in [-0.39, 0.29) is 6.42 Å². The minimum atomic E-state index is -4.30. The zero-order valence-electron chi connectivity index (χ0n) is 17.2. The van der Waals surface area contributed by atoms with E-state index in [1.807, 2.05) is 6.07 Å². The number of halogens is 1. The highest BCUT2D eigenvalue weighted by Gasteiger charge is 2.28. The molecule has 4 rings (SSSR count). The molecule has 0 saturated carbocycles. The molecule has 0 aliphatic rings. The van der Waals surface area contributed by atoms with Gasteiger partial charge in [-0.3, -0.25) is 4.79 Å². The van der Waals surface area contributed by atoms with E-state index in [4.69, 9.17) is 0 Å². The standard InChI is InChI=1S/C22H19FN6O3S/c23-19-8-4-5-9-21(19)33(31,32)26-20(14-16-6-2-1-3-7-16)22(30)25-17-10-12-18(13-11-17)29-15-24-27-28-29/h1-13,15,20,26H,14H2,(H,25,30)/t20-/m0/s1. The van der Waals surface area contributed by atoms with Gasteiger partial charge in [0.2, 0.25) is 15.9 Å². The Morgan fingerprint density at radius 1 is 0.970 bits per heavy atom. The van der Waals surface area contributed by atoms with E-state index in [9.17, 15) is 17.6 Å². The minimum absolute atomic E-state index is 0.0725. The van der Waals surface area contributed by atoms with Crippen LogP contribution in [0.25, 0.3) is 5.69 Å². The van der Waals surface area contributed by atoms with Crippen molar-refractivity contribution in [2.75, 3.05) is 5.32 Å². The van der Waals surface area contributed by atoms with Crippen molar-refractivity contribution in [2.24, 2.45) is 0 Å². The molecule has 0 aliphatic heterocycles. The van der Waals surface area contributed by atoms with E-state index in [0.29, 0.717) is 11.4 Å². The maximum absolute atomic E-state index is 14.1. The third kappa shape index (κ3) is 5.45. The van der Waals surface area contributed by atoms with Crippen LogP contribution in [0.1, 0.15) is 5.56 Å². The summed E-state index contributed by atoms with van der Waals surface area (Å²) in [6, 6.07) is 19.4. The van der Waals surface area contributed by atoms with Gasteiger partial charge in [0.15, 0.2) is 0 Å². The molecule has 33 heavy (non-hydrogen) atoms. The first kappa shape index (κ1) is 22.2. The molecule has 1 heterocycles. The second-order valence-corrected chi connectivity index (χ2v) is 8.77. The second-order valence-electron chi connectivity index (χ2n) is 7.08. The Bertz CT molecular complexity index is 1330. The summed E-state index contributed by atoms with van der Waals surface area (Å²) < 4.78 is 43.6. The summed E-state index contributed by atoms with van der Waals surface area (Å²) in [4.78, 5) is 12.5. The van der Waals surface area contributed by atoms with Crippen molar-refractivity contribution in [2.45, 2.75) is 17.4 Å². The van der Waals surface area contributed by atoms with Crippen LogP contribution in [0.2, 0.25) is 0 Å². The van der Waals surface area contributed by atoms with Crippen LogP contribution in [0, 0.1) is 5.82 Å². The van der Waals surface area contributed by atoms with E-state index in [2.05, 4.69) is 25.6 Å². The van der Waals surface area contributed by atoms with E-state index in [0.717, 1.165) is 17.7 Å². The predicted octanol–water partition coefficient (Wildman–Crippen LogP) is 2.33. The van der Waals surface area contributed by atoms with Crippen LogP contribution in [-0.2, 0) is 21.2 Å². The van der Waals surface area contributed by atoms with Gasteiger partial charge < -0.3 is 5.32 Å². The molecule has 1 atom stereocenters. The van der Waals surface area contributed by atoms with Crippen LogP contribution in [0.15, 0.2) is 90.1 Å². The highest BCUT2D eigenvalue weighted by Crippen LogP contribution is 2.17. The number of carbonyl (C=O) groups is 1. The molecule has 0 saturated heterocycles. The van der Waals surface area contributed by atoms with Crippen molar-refractivity contribution in [1.29, 1.82) is 0 Å². The van der Waals surface area contributed by atoms with E-state index in [1.54, 1.807) is 48.5 Å². The van der Waals surface area contributed by atoms with Crippen molar-refractivity contribution in [3.05, 3.63) is 96.6 Å². The van der Waals surface area contributed by atoms with Crippen LogP contribution in [0.5, 0.6) is 0 Å². The molecule has 0 spiro atoms. The van der Waals surface area contributed by atoms with Crippen molar-refractivity contribution in [3.8, 4) is 5.69 Å². The summed E-state index contributed by atoms with van der Waals surface area (Å²) in [5.74, 6) is -1.49. The summed E-state index contributed by atoms with van der Waals surface area (Å²) in [5.41, 5.74) is 1.86. The maximum atomic E-state index is 14.1. The van der Waals surface area contributed by atoms with Crippen molar-refractivity contribution < 1.29 is 17.6 Å². The average molecular weight is 466 g/mol. The lowest BCUT2D eigenvalue weighted by Gasteiger charge is -2.19. The number of hydrogen-bond acceptors (Lipinski definition) is 6. The lowest BCUT2D eigenvalue weighted by atomic mass is 10.1. The monoisotopic (exact) mass is 466 g/mol. The second kappa shape index (κ2) is 9.67. The first-order valence-corrected chi connectivity index (χ1v) is 11.4. The number of rotatable bonds is 8. The number of benzene rings is 3. The van der Waals surface area contributed by atoms with E-state index >= 15 is 0 Å². The number of nitrogens with one attached hydrogen (secondary N) is 2. The number of amides is 1. The van der Waals surface area contributed by atoms with Crippen molar-refractivity contribution >= 4 is 21.6 Å². The van der Waals surface area contributed by atoms with Crippen molar-refractivity contribution in [3.63, 3.8) is 0 Å². The van der Waals surface area contributed by atoms with Gasteiger partial charge in [0.05, 0.1) is 5.69 Å². The number of anilines is 1. The quantitative estimate of drug-likeness (QED) is 0.411. The number of sulfonamides is 1. The van der Waals surface area contributed by atoms with Gasteiger partial charge in [0.1, 0.15) is 23.1 Å². The summed E-state index contributed by atoms with van der Waals surface area (Å²) >= 11 is 0. The molecule has 0 bridgehead atoms. The summed E-state index contributed by atoms with van der Waals surface area (Å²) in [6.07, 6.45) is 1.50. The molecule has 4 aromatic rings. The molecule has 11 heteroatoms. The SMILES string of the molecule is O=C(Nc1ccc(-n2cnnn2)cc1)[C@H](Cc1ccccc1)NS(=O)(=O)c1ccccc1F. The van der Waals surface area contributed by atoms with Gasteiger partial charge in [-0.15, -0.1) is 5.10 Å². The summed E-state index contributed by atoms with van der Waals surface area (Å²) in [7, 11) is -4.30. The van der Waals surface area contributed by atoms with Crippen LogP contribution in [0.4, 0.5) is 10.1 Å². The zero-order chi connectivity index (χ0) is 23.3. The van der Waals surface area contributed by atoms with Gasteiger partial charge >= 0.3 is 0 Å². The van der Waals surface area contributed by atoms with Gasteiger partial charge in [0.25, 0.3) is 0 Å². The zero-order valence-corrected chi connectivity index (χ0v) is 18.0. The van der Waals surface area contributed by atoms with E-state index in [1.165, 1.54) is 23.1 Å². The Kier molecular flexibility index (Phi) is 6.52. The molecule has 168 valence electrons. The van der Waals surface area contributed by atoms with Crippen LogP contribution < -0.4 is 10.0 Å². The Morgan fingerprint density at radius 3 is 2.33 bits per heavy atom. The number of aromatic nitrogens is 4. The molecule has 1 aromatic heterocycles. The Hall–Kier alpha value is -3.96. The molecular formula is C22H19FN6O3S. The topological polar surface area (TPSA) is 119 Å². The Morgan fingerprint density at radius 2 is 1.67 bits per heavy atom. The molecule has 0 fully saturated rings. The number of nitrogens with zero attached hydrogens (tertiary/aromatic N) is 4. The van der Waals surface area contributed by atoms with Crippen LogP contribution >= 0.6 is 0 Å². The van der Waals surface area contributed by atoms with Gasteiger partial charge in [-0.1, -0.05) is 42.5 Å². The normalized spacial score (nSPS) is 12.3. The highest BCUT2D eigenvalue weighted by molar-refractivity contribution is 7.89. The Balaban J connectivity index is 1.56. The number of hydrogen-bond donors (Lipinski definition) is 2. The molecule has 1 amide bonds. The minimum Gasteiger partial charge on any atom is -0.325 e. The number of tetrazole rings is 1. The van der Waals surface area contributed by atoms with Crippen LogP contribution in [0.3, 0.4) is 0 Å². The predicted molar refractivity (Wildman–Crippen MR) is 118 cm³/mol. The number of carbonyl (C=O) groups excluding carboxylic acids is 1. The first-order valence-electron chi connectivity index (χ1n) is 9.87. The van der Waals surface area contributed by atoms with E-state index < -0.39 is 32.7 Å². The van der Waals surface area contributed by atoms with Gasteiger partial charge in [-0.05, 0) is 58.8 Å². The van der Waals surface area contributed by atoms with Gasteiger partial charge in [-0.2, -0.15) is 4.72 Å². The molecular weight excluding hydrogens is 447 g/mol. The molecule has 9 nitrogen and oxygen atoms in total. The smallest absolute Gasteiger partial charge is 0.244 e. The fraction of sp³-hybridized carbons (Fsp3) is 0.0909. The molecule has 0 unspecified atom stereocenters.